The Balaban J connectivity index is 0.00000300. The molecule has 0 saturated carbocycles. The van der Waals surface area contributed by atoms with Gasteiger partial charge in [-0.1, -0.05) is 91.0 Å². The van der Waals surface area contributed by atoms with E-state index in [1.807, 2.05) is 91.0 Å². The molecule has 0 aliphatic carbocycles. The van der Waals surface area contributed by atoms with Crippen molar-refractivity contribution in [3.05, 3.63) is 108 Å². The second kappa shape index (κ2) is 9.76. The molecule has 0 aliphatic rings. The van der Waals surface area contributed by atoms with Crippen LogP contribution < -0.4 is 5.32 Å². The monoisotopic (exact) mass is 647 g/mol. The first kappa shape index (κ1) is 21.3. The zero-order valence-electron chi connectivity index (χ0n) is 15.4. The average Bonchev–Trinajstić information content (AvgIpc) is 2.75. The Bertz CT molecular complexity index is 811. The summed E-state index contributed by atoms with van der Waals surface area (Å²) in [4.78, 5) is 22.3. The Morgan fingerprint density at radius 2 is 1.24 bits per heavy atom. The number of carbonyl (C=O) groups excluding carboxylic acids is 1. The number of hydrogen-bond acceptors (Lipinski definition) is 3. The van der Waals surface area contributed by atoms with Gasteiger partial charge >= 0.3 is 5.97 Å². The summed E-state index contributed by atoms with van der Waals surface area (Å²) in [6.07, 6.45) is 1.51. The van der Waals surface area contributed by atoms with E-state index in [4.69, 9.17) is 0 Å². The quantitative estimate of drug-likeness (QED) is 0.211. The van der Waals surface area contributed by atoms with Gasteiger partial charge in [0.15, 0.2) is 0 Å². The molecular formula is C23H20FmNO3S-. The number of amides is 1. The van der Waals surface area contributed by atoms with Gasteiger partial charge in [-0.15, -0.1) is 11.8 Å². The van der Waals surface area contributed by atoms with Crippen LogP contribution in [0, 0.1) is 0 Å². The van der Waals surface area contributed by atoms with E-state index in [9.17, 15) is 14.7 Å². The smallest absolute Gasteiger partial charge is 0.324 e. The summed E-state index contributed by atoms with van der Waals surface area (Å²) < 4.78 is -0.623. The Hall–Kier alpha value is -4.05. The molecule has 6 heteroatoms. The molecular weight excluding hydrogens is 627 g/mol. The van der Waals surface area contributed by atoms with Gasteiger partial charge in [-0.2, -0.15) is 6.41 Å². The molecule has 0 fully saturated rings. The number of nitrogens with one attached hydrogen (secondary N) is 1. The third kappa shape index (κ3) is 4.45. The third-order valence-corrected chi connectivity index (χ3v) is 6.18. The van der Waals surface area contributed by atoms with Crippen molar-refractivity contribution in [1.82, 2.24) is 5.32 Å². The zero-order chi connectivity index (χ0) is 19.8. The van der Waals surface area contributed by atoms with Crippen LogP contribution in [0.1, 0.15) is 16.7 Å². The summed E-state index contributed by atoms with van der Waals surface area (Å²) in [7, 11) is 0. The van der Waals surface area contributed by atoms with Crippen LogP contribution in [-0.4, -0.2) is 29.3 Å². The largest absolute Gasteiger partial charge is 0.520 e. The number of carboxylic acids is 1. The molecule has 1 atom stereocenters. The number of carboxylic acid groups (broad SMARTS) is 1. The number of benzene rings is 3. The molecule has 3 aromatic carbocycles. The van der Waals surface area contributed by atoms with Crippen LogP contribution in [0.15, 0.2) is 91.0 Å². The Morgan fingerprint density at radius 1 is 0.862 bits per heavy atom. The maximum Gasteiger partial charge on any atom is 0.324 e. The van der Waals surface area contributed by atoms with Gasteiger partial charge in [0.2, 0.25) is 0 Å². The van der Waals surface area contributed by atoms with E-state index in [2.05, 4.69) is 5.32 Å². The number of carbonyl (C=O) groups is 1. The van der Waals surface area contributed by atoms with E-state index in [0.717, 1.165) is 16.7 Å². The van der Waals surface area contributed by atoms with E-state index in [-0.39, 0.29) is 5.75 Å². The fourth-order valence-corrected chi connectivity index (χ4v) is 4.77. The van der Waals surface area contributed by atoms with E-state index >= 15 is 0 Å². The topological polar surface area (TPSA) is 66.4 Å². The van der Waals surface area contributed by atoms with Crippen molar-refractivity contribution < 1.29 is 14.7 Å². The van der Waals surface area contributed by atoms with Gasteiger partial charge in [0.05, 0.1) is 4.75 Å². The minimum absolute atomic E-state index is 0. The van der Waals surface area contributed by atoms with Crippen LogP contribution >= 0.6 is 11.8 Å². The first-order chi connectivity index (χ1) is 13.7. The fourth-order valence-electron chi connectivity index (χ4n) is 3.22. The Kier molecular flexibility index (Phi) is 7.15. The van der Waals surface area contributed by atoms with Crippen LogP contribution in [-0.2, 0) is 14.3 Å². The summed E-state index contributed by atoms with van der Waals surface area (Å²) in [5, 5.41) is 11.7. The predicted octanol–water partition coefficient (Wildman–Crippen LogP) is 3.82. The van der Waals surface area contributed by atoms with E-state index in [1.54, 1.807) is 0 Å². The van der Waals surface area contributed by atoms with Crippen molar-refractivity contribution in [2.75, 3.05) is 5.75 Å². The summed E-state index contributed by atoms with van der Waals surface area (Å²) in [6.45, 7) is 0. The molecule has 1 amide bonds. The van der Waals surface area contributed by atoms with Gasteiger partial charge in [0.25, 0.3) is 0 Å². The molecule has 0 aromatic heterocycles. The third-order valence-electron chi connectivity index (χ3n) is 4.54. The average molecular weight is 647 g/mol. The molecule has 0 radical (unpaired) electrons. The van der Waals surface area contributed by atoms with E-state index in [1.165, 1.54) is 18.2 Å². The van der Waals surface area contributed by atoms with Crippen LogP contribution in [0.4, 0.5) is 0 Å². The molecule has 0 spiro atoms. The molecule has 1 unspecified atom stereocenters. The van der Waals surface area contributed by atoms with Crippen molar-refractivity contribution in [3.63, 3.8) is 0 Å². The van der Waals surface area contributed by atoms with Gasteiger partial charge in [0, 0.05) is 5.75 Å². The molecule has 29 heavy (non-hydrogen) atoms. The van der Waals surface area contributed by atoms with Crippen molar-refractivity contribution >= 4 is 24.1 Å². The molecule has 3 rings (SSSR count). The van der Waals surface area contributed by atoms with Crippen LogP contribution in [0.25, 0.3) is 0 Å². The minimum Gasteiger partial charge on any atom is -0.520 e. The maximum absolute atomic E-state index is 11.6. The predicted molar refractivity (Wildman–Crippen MR) is 112 cm³/mol. The van der Waals surface area contributed by atoms with Gasteiger partial charge in [-0.05, 0) is 16.7 Å². The van der Waals surface area contributed by atoms with Crippen molar-refractivity contribution in [1.29, 1.82) is 0 Å². The van der Waals surface area contributed by atoms with E-state index < -0.39 is 16.8 Å². The second-order valence-electron chi connectivity index (χ2n) is 6.23. The molecule has 0 saturated heterocycles. The first-order valence-electron chi connectivity index (χ1n) is 8.84. The number of rotatable bonds is 9. The normalized spacial score (nSPS) is 11.7. The minimum atomic E-state index is -1.08. The summed E-state index contributed by atoms with van der Waals surface area (Å²) in [5.74, 6) is -0.901. The molecule has 154 valence electrons. The second-order valence-corrected chi connectivity index (χ2v) is 7.46. The van der Waals surface area contributed by atoms with Crippen LogP contribution in [0.3, 0.4) is 0 Å². The van der Waals surface area contributed by atoms with Crippen LogP contribution in [0.5, 0.6) is 0 Å². The van der Waals surface area contributed by atoms with Gasteiger partial charge in [0.1, 0.15) is 6.04 Å². The number of thioether (sulfide) groups is 1. The van der Waals surface area contributed by atoms with Crippen LogP contribution in [0.2, 0.25) is 0 Å². The van der Waals surface area contributed by atoms with Gasteiger partial charge in [-0.3, -0.25) is 4.79 Å². The Morgan fingerprint density at radius 3 is 1.55 bits per heavy atom. The van der Waals surface area contributed by atoms with Crippen molar-refractivity contribution in [2.24, 2.45) is 0 Å². The molecule has 0 aliphatic heterocycles. The fraction of sp³-hybridized carbons (Fsp3) is 0.130. The molecule has 0 heterocycles. The molecule has 2 N–H and O–H groups in total. The standard InChI is InChI=1S/C23H20NO3S.Fm/c25-17-24-21(22(26)27)16-28-23(18-10-4-1-5-11-18,19-12-6-2-7-13-19)20-14-8-3-9-15-20;/h1-15,21H,16H2,(H,24,25)(H,26,27);/q-1;. The van der Waals surface area contributed by atoms with Gasteiger partial charge < -0.3 is 15.2 Å². The van der Waals surface area contributed by atoms with E-state index in [0.29, 0.717) is 0 Å². The Labute approximate surface area is 168 Å². The molecule has 0 bridgehead atoms. The van der Waals surface area contributed by atoms with Crippen molar-refractivity contribution in [2.45, 2.75) is 10.8 Å². The van der Waals surface area contributed by atoms with Crippen molar-refractivity contribution in [3.8, 4) is 0 Å². The summed E-state index contributed by atoms with van der Waals surface area (Å²) >= 11 is 1.48. The summed E-state index contributed by atoms with van der Waals surface area (Å²) in [5.41, 5.74) is 3.12. The van der Waals surface area contributed by atoms with Gasteiger partial charge in [-0.25, -0.2) is 0 Å². The maximum atomic E-state index is 11.6. The molecule has 3 aromatic rings. The summed E-state index contributed by atoms with van der Waals surface area (Å²) in [6, 6.07) is 29.0. The molecule has 4 nitrogen and oxygen atoms in total. The number of aliphatic carboxylic acids is 1. The zero-order valence-corrected chi connectivity index (χ0v) is 18.6. The SMILES string of the molecule is O=[C-]NC(CSC(c1ccccc1)(c1ccccc1)c1ccccc1)C(=O)O.[Fm]. The number of hydrogen-bond donors (Lipinski definition) is 2. The first-order valence-corrected chi connectivity index (χ1v) is 9.83.